The van der Waals surface area contributed by atoms with Gasteiger partial charge in [0, 0.05) is 24.2 Å². The fourth-order valence-corrected chi connectivity index (χ4v) is 4.99. The number of nitrogens with zero attached hydrogens (tertiary/aromatic N) is 2. The number of amides is 2. The maximum atomic E-state index is 12.8. The van der Waals surface area contributed by atoms with Crippen LogP contribution in [0.5, 0.6) is 11.5 Å². The Morgan fingerprint density at radius 3 is 2.30 bits per heavy atom. The second-order valence-electron chi connectivity index (χ2n) is 7.82. The normalized spacial score (nSPS) is 28.5. The molecule has 0 radical (unpaired) electrons. The van der Waals surface area contributed by atoms with Gasteiger partial charge in [0.1, 0.15) is 11.5 Å². The third kappa shape index (κ3) is 3.20. The van der Waals surface area contributed by atoms with E-state index in [1.807, 2.05) is 18.2 Å². The van der Waals surface area contributed by atoms with Gasteiger partial charge in [-0.3, -0.25) is 19.4 Å². The predicted octanol–water partition coefficient (Wildman–Crippen LogP) is 2.97. The summed E-state index contributed by atoms with van der Waals surface area (Å²) >= 11 is 0. The fourth-order valence-electron chi connectivity index (χ4n) is 4.99. The molecule has 3 fully saturated rings. The van der Waals surface area contributed by atoms with Gasteiger partial charge in [-0.05, 0) is 31.7 Å². The molecule has 0 spiro atoms. The van der Waals surface area contributed by atoms with E-state index >= 15 is 0 Å². The first kappa shape index (κ1) is 18.3. The van der Waals surface area contributed by atoms with Gasteiger partial charge in [-0.25, -0.2) is 0 Å². The lowest BCUT2D eigenvalue weighted by Gasteiger charge is -2.29. The van der Waals surface area contributed by atoms with Crippen molar-refractivity contribution in [3.63, 3.8) is 0 Å². The lowest BCUT2D eigenvalue weighted by atomic mass is 9.81. The molecule has 146 valence electrons. The smallest absolute Gasteiger partial charge is 0.234 e. The van der Waals surface area contributed by atoms with Gasteiger partial charge in [0.15, 0.2) is 0 Å². The molecule has 3 atom stereocenters. The molecule has 1 saturated carbocycles. The molecule has 0 aromatic heterocycles. The van der Waals surface area contributed by atoms with Crippen molar-refractivity contribution in [2.75, 3.05) is 27.4 Å². The second-order valence-corrected chi connectivity index (χ2v) is 7.82. The minimum absolute atomic E-state index is 0.0389. The Labute approximate surface area is 160 Å². The van der Waals surface area contributed by atoms with Crippen molar-refractivity contribution in [1.29, 1.82) is 0 Å². The Morgan fingerprint density at radius 2 is 1.67 bits per heavy atom. The van der Waals surface area contributed by atoms with E-state index in [0.717, 1.165) is 62.1 Å². The first-order valence-corrected chi connectivity index (χ1v) is 9.95. The van der Waals surface area contributed by atoms with Gasteiger partial charge in [-0.2, -0.15) is 0 Å². The fraction of sp³-hybridized carbons (Fsp3) is 0.619. The first-order chi connectivity index (χ1) is 13.1. The van der Waals surface area contributed by atoms with Crippen LogP contribution < -0.4 is 9.47 Å². The summed E-state index contributed by atoms with van der Waals surface area (Å²) in [5.74, 6) is 1.47. The number of carbonyl (C=O) groups is 2. The van der Waals surface area contributed by atoms with E-state index in [-0.39, 0.29) is 29.7 Å². The molecule has 4 rings (SSSR count). The van der Waals surface area contributed by atoms with Gasteiger partial charge in [-0.15, -0.1) is 0 Å². The molecule has 6 nitrogen and oxygen atoms in total. The van der Waals surface area contributed by atoms with Gasteiger partial charge in [0.05, 0.1) is 32.7 Å². The van der Waals surface area contributed by atoms with Crippen LogP contribution in [0.2, 0.25) is 0 Å². The van der Waals surface area contributed by atoms with Crippen molar-refractivity contribution in [1.82, 2.24) is 9.80 Å². The van der Waals surface area contributed by atoms with E-state index in [2.05, 4.69) is 4.90 Å². The van der Waals surface area contributed by atoms with Crippen molar-refractivity contribution < 1.29 is 19.1 Å². The zero-order chi connectivity index (χ0) is 19.0. The van der Waals surface area contributed by atoms with Crippen LogP contribution in [0.4, 0.5) is 0 Å². The lowest BCUT2D eigenvalue weighted by Crippen LogP contribution is -2.41. The molecule has 1 aromatic carbocycles. The van der Waals surface area contributed by atoms with E-state index in [0.29, 0.717) is 6.67 Å². The topological polar surface area (TPSA) is 59.1 Å². The number of benzene rings is 1. The number of hydrogen-bond acceptors (Lipinski definition) is 5. The number of rotatable bonds is 5. The molecule has 3 aliphatic rings. The predicted molar refractivity (Wildman–Crippen MR) is 100 cm³/mol. The largest absolute Gasteiger partial charge is 0.497 e. The van der Waals surface area contributed by atoms with Crippen LogP contribution in [0.1, 0.15) is 50.1 Å². The summed E-state index contributed by atoms with van der Waals surface area (Å²) < 4.78 is 10.9. The second kappa shape index (κ2) is 7.50. The van der Waals surface area contributed by atoms with Gasteiger partial charge in [0.25, 0.3) is 0 Å². The maximum absolute atomic E-state index is 12.8. The Morgan fingerprint density at radius 1 is 0.963 bits per heavy atom. The molecule has 6 heteroatoms. The molecule has 27 heavy (non-hydrogen) atoms. The maximum Gasteiger partial charge on any atom is 0.234 e. The Kier molecular flexibility index (Phi) is 5.08. The molecular formula is C21H28N2O4. The number of carbonyl (C=O) groups excluding carboxylic acids is 2. The van der Waals surface area contributed by atoms with Crippen molar-refractivity contribution >= 4 is 11.8 Å². The van der Waals surface area contributed by atoms with E-state index in [1.54, 1.807) is 14.2 Å². The standard InChI is InChI=1S/C21H28N2O4/c1-26-14-9-10-17(19(12-14)27-2)18-8-5-11-22(18)13-23-20(24)15-6-3-4-7-16(15)21(23)25/h9-10,12,15-16,18H,3-8,11,13H2,1-2H3/t15-,16+,18-/m1/s1. The molecule has 0 bridgehead atoms. The number of methoxy groups -OCH3 is 2. The lowest BCUT2D eigenvalue weighted by molar-refractivity contribution is -0.142. The van der Waals surface area contributed by atoms with Crippen LogP contribution >= 0.6 is 0 Å². The summed E-state index contributed by atoms with van der Waals surface area (Å²) in [6.07, 6.45) is 5.88. The van der Waals surface area contributed by atoms with E-state index in [4.69, 9.17) is 9.47 Å². The Bertz CT molecular complexity index is 711. The van der Waals surface area contributed by atoms with Gasteiger partial charge in [-0.1, -0.05) is 18.9 Å². The molecule has 2 saturated heterocycles. The molecular weight excluding hydrogens is 344 g/mol. The molecule has 2 aliphatic heterocycles. The monoisotopic (exact) mass is 372 g/mol. The zero-order valence-electron chi connectivity index (χ0n) is 16.1. The number of ether oxygens (including phenoxy) is 2. The van der Waals surface area contributed by atoms with Crippen LogP contribution in [0.15, 0.2) is 18.2 Å². The summed E-state index contributed by atoms with van der Waals surface area (Å²) in [5, 5.41) is 0. The Balaban J connectivity index is 1.54. The van der Waals surface area contributed by atoms with Gasteiger partial charge < -0.3 is 9.47 Å². The number of fused-ring (bicyclic) bond motifs is 1. The van der Waals surface area contributed by atoms with Crippen LogP contribution in [0.25, 0.3) is 0 Å². The van der Waals surface area contributed by atoms with Crippen molar-refractivity contribution in [3.05, 3.63) is 23.8 Å². The highest BCUT2D eigenvalue weighted by Crippen LogP contribution is 2.41. The molecule has 1 aliphatic carbocycles. The summed E-state index contributed by atoms with van der Waals surface area (Å²) in [7, 11) is 3.30. The molecule has 2 amide bonds. The van der Waals surface area contributed by atoms with Crippen molar-refractivity contribution in [3.8, 4) is 11.5 Å². The Hall–Kier alpha value is -2.08. The first-order valence-electron chi connectivity index (χ1n) is 9.95. The summed E-state index contributed by atoms with van der Waals surface area (Å²) in [6.45, 7) is 1.27. The van der Waals surface area contributed by atoms with Crippen molar-refractivity contribution in [2.24, 2.45) is 11.8 Å². The average Bonchev–Trinajstić information content (AvgIpc) is 3.26. The minimum Gasteiger partial charge on any atom is -0.497 e. The van der Waals surface area contributed by atoms with E-state index in [9.17, 15) is 9.59 Å². The summed E-state index contributed by atoms with van der Waals surface area (Å²) in [4.78, 5) is 29.4. The SMILES string of the molecule is COc1ccc([C@H]2CCCN2CN2C(=O)[C@H]3CCCC[C@H]3C2=O)c(OC)c1. The van der Waals surface area contributed by atoms with E-state index < -0.39 is 0 Å². The third-order valence-corrected chi connectivity index (χ3v) is 6.42. The molecule has 2 heterocycles. The van der Waals surface area contributed by atoms with Crippen LogP contribution in [0, 0.1) is 11.8 Å². The van der Waals surface area contributed by atoms with Crippen LogP contribution in [0.3, 0.4) is 0 Å². The number of hydrogen-bond donors (Lipinski definition) is 0. The van der Waals surface area contributed by atoms with Crippen molar-refractivity contribution in [2.45, 2.75) is 44.6 Å². The average molecular weight is 372 g/mol. The van der Waals surface area contributed by atoms with Crippen LogP contribution in [-0.2, 0) is 9.59 Å². The highest BCUT2D eigenvalue weighted by Gasteiger charge is 2.49. The molecule has 0 N–H and O–H groups in total. The minimum atomic E-state index is -0.0807. The van der Waals surface area contributed by atoms with Crippen LogP contribution in [-0.4, -0.2) is 49.0 Å². The quantitative estimate of drug-likeness (QED) is 0.744. The summed E-state index contributed by atoms with van der Waals surface area (Å²) in [5.41, 5.74) is 1.09. The zero-order valence-corrected chi connectivity index (χ0v) is 16.1. The molecule has 0 unspecified atom stereocenters. The highest BCUT2D eigenvalue weighted by atomic mass is 16.5. The summed E-state index contributed by atoms with van der Waals surface area (Å²) in [6, 6.07) is 6.02. The van der Waals surface area contributed by atoms with Gasteiger partial charge >= 0.3 is 0 Å². The van der Waals surface area contributed by atoms with Gasteiger partial charge in [0.2, 0.25) is 11.8 Å². The third-order valence-electron chi connectivity index (χ3n) is 6.42. The number of likely N-dealkylation sites (tertiary alicyclic amines) is 2. The molecule has 1 aromatic rings. The number of imide groups is 1. The van der Waals surface area contributed by atoms with E-state index in [1.165, 1.54) is 4.90 Å². The highest BCUT2D eigenvalue weighted by molar-refractivity contribution is 6.05.